The van der Waals surface area contributed by atoms with Gasteiger partial charge in [0.2, 0.25) is 0 Å². The summed E-state index contributed by atoms with van der Waals surface area (Å²) in [7, 11) is 1.34. The summed E-state index contributed by atoms with van der Waals surface area (Å²) in [6.45, 7) is 7.06. The zero-order valence-electron chi connectivity index (χ0n) is 21.3. The van der Waals surface area contributed by atoms with Crippen LogP contribution in [-0.4, -0.2) is 49.3 Å². The van der Waals surface area contributed by atoms with E-state index in [-0.39, 0.29) is 35.2 Å². The zero-order chi connectivity index (χ0) is 24.7. The first kappa shape index (κ1) is 25.5. The molecule has 4 rings (SSSR count). The number of hydrogen-bond acceptors (Lipinski definition) is 6. The predicted molar refractivity (Wildman–Crippen MR) is 127 cm³/mol. The molecule has 4 aliphatic carbocycles. The minimum absolute atomic E-state index is 0.0506. The number of fused-ring (bicyclic) bond motifs is 5. The highest BCUT2D eigenvalue weighted by atomic mass is 16.7. The molecule has 2 N–H and O–H groups in total. The summed E-state index contributed by atoms with van der Waals surface area (Å²) in [4.78, 5) is 35.2. The number of carboxylic acid groups (broad SMARTS) is 1. The van der Waals surface area contributed by atoms with E-state index in [0.29, 0.717) is 36.0 Å². The van der Waals surface area contributed by atoms with Crippen LogP contribution in [0.4, 0.5) is 4.79 Å². The Balaban J connectivity index is 1.44. The second kappa shape index (κ2) is 9.79. The summed E-state index contributed by atoms with van der Waals surface area (Å²) in [6, 6.07) is 0. The SMILES string of the molecule is COC(=O)CNCC(OC(=O)O)[C@@H]1CC[C@@]2(C)[C@@H](CC[C@@H]3[C@@H]2CC[C@]2(C)[C@@H](C(C)=O)CC[C@@H]32)C1. The molecule has 0 aliphatic heterocycles. The molecule has 34 heavy (non-hydrogen) atoms. The fourth-order valence-electron chi connectivity index (χ4n) is 9.12. The van der Waals surface area contributed by atoms with E-state index in [0.717, 1.165) is 32.1 Å². The van der Waals surface area contributed by atoms with Crippen molar-refractivity contribution in [3.8, 4) is 0 Å². The van der Waals surface area contributed by atoms with Crippen LogP contribution in [0.1, 0.15) is 78.6 Å². The number of carbonyl (C=O) groups is 3. The predicted octanol–water partition coefficient (Wildman–Crippen LogP) is 4.68. The van der Waals surface area contributed by atoms with Gasteiger partial charge in [-0.25, -0.2) is 4.79 Å². The number of Topliss-reactive ketones (excluding diaryl/α,β-unsaturated/α-hetero) is 1. The van der Waals surface area contributed by atoms with Gasteiger partial charge in [-0.15, -0.1) is 0 Å². The average Bonchev–Trinajstić information content (AvgIpc) is 3.15. The van der Waals surface area contributed by atoms with Gasteiger partial charge in [-0.05, 0) is 105 Å². The molecule has 192 valence electrons. The summed E-state index contributed by atoms with van der Waals surface area (Å²) < 4.78 is 9.97. The van der Waals surface area contributed by atoms with E-state index in [4.69, 9.17) is 4.74 Å². The fourth-order valence-corrected chi connectivity index (χ4v) is 9.12. The summed E-state index contributed by atoms with van der Waals surface area (Å²) in [5.41, 5.74) is 0.460. The zero-order valence-corrected chi connectivity index (χ0v) is 21.3. The lowest BCUT2D eigenvalue weighted by molar-refractivity contribution is -0.139. The van der Waals surface area contributed by atoms with Gasteiger partial charge in [-0.3, -0.25) is 9.59 Å². The maximum atomic E-state index is 12.4. The molecular weight excluding hydrogens is 434 g/mol. The van der Waals surface area contributed by atoms with Gasteiger partial charge in [0.1, 0.15) is 11.9 Å². The molecule has 7 nitrogen and oxygen atoms in total. The first-order valence-corrected chi connectivity index (χ1v) is 13.3. The standard InChI is InChI=1S/C27H43NO6/c1-16(29)20-7-8-21-19-6-5-18-13-17(23(34-25(31)32)14-28-15-24(30)33-4)9-11-26(18,2)22(19)10-12-27(20,21)3/h17-23,28H,5-15H2,1-4H3,(H,31,32)/t17-,18+,19+,20-,21+,22+,23?,26+,27-/m1/s1. The lowest BCUT2D eigenvalue weighted by Gasteiger charge is -2.61. The number of ether oxygens (including phenoxy) is 2. The van der Waals surface area contributed by atoms with Crippen molar-refractivity contribution in [2.24, 2.45) is 46.3 Å². The van der Waals surface area contributed by atoms with Crippen LogP contribution in [0.5, 0.6) is 0 Å². The molecule has 1 unspecified atom stereocenters. The van der Waals surface area contributed by atoms with Gasteiger partial charge < -0.3 is 19.9 Å². The van der Waals surface area contributed by atoms with Crippen molar-refractivity contribution in [3.63, 3.8) is 0 Å². The van der Waals surface area contributed by atoms with Crippen LogP contribution in [-0.2, 0) is 19.1 Å². The molecule has 0 bridgehead atoms. The Kier molecular flexibility index (Phi) is 7.33. The van der Waals surface area contributed by atoms with Crippen LogP contribution in [0.3, 0.4) is 0 Å². The van der Waals surface area contributed by atoms with Crippen LogP contribution < -0.4 is 5.32 Å². The van der Waals surface area contributed by atoms with E-state index in [1.807, 2.05) is 0 Å². The van der Waals surface area contributed by atoms with Crippen LogP contribution in [0.15, 0.2) is 0 Å². The number of carbonyl (C=O) groups excluding carboxylic acids is 2. The number of hydrogen-bond donors (Lipinski definition) is 2. The van der Waals surface area contributed by atoms with E-state index in [1.54, 1.807) is 6.92 Å². The van der Waals surface area contributed by atoms with E-state index >= 15 is 0 Å². The minimum atomic E-state index is -1.25. The second-order valence-electron chi connectivity index (χ2n) is 12.1. The van der Waals surface area contributed by atoms with Crippen LogP contribution in [0.25, 0.3) is 0 Å². The third-order valence-electron chi connectivity index (χ3n) is 10.8. The van der Waals surface area contributed by atoms with Crippen molar-refractivity contribution in [1.82, 2.24) is 5.32 Å². The second-order valence-corrected chi connectivity index (χ2v) is 12.1. The summed E-state index contributed by atoms with van der Waals surface area (Å²) in [6.07, 6.45) is 8.38. The lowest BCUT2D eigenvalue weighted by atomic mass is 9.44. The van der Waals surface area contributed by atoms with Gasteiger partial charge in [0.15, 0.2) is 0 Å². The molecule has 4 aliphatic rings. The molecule has 4 saturated carbocycles. The molecule has 0 heterocycles. The summed E-state index contributed by atoms with van der Waals surface area (Å²) in [5, 5.41) is 12.3. The molecule has 0 saturated heterocycles. The third kappa shape index (κ3) is 4.49. The van der Waals surface area contributed by atoms with Gasteiger partial charge in [-0.2, -0.15) is 0 Å². The first-order valence-electron chi connectivity index (χ1n) is 13.3. The van der Waals surface area contributed by atoms with Gasteiger partial charge in [0, 0.05) is 12.5 Å². The Morgan fingerprint density at radius 3 is 2.38 bits per heavy atom. The number of ketones is 1. The quantitative estimate of drug-likeness (QED) is 0.514. The monoisotopic (exact) mass is 477 g/mol. The van der Waals surface area contributed by atoms with Gasteiger partial charge in [0.05, 0.1) is 13.7 Å². The third-order valence-corrected chi connectivity index (χ3v) is 10.8. The van der Waals surface area contributed by atoms with Crippen molar-refractivity contribution in [2.45, 2.75) is 84.7 Å². The van der Waals surface area contributed by atoms with Crippen LogP contribution >= 0.6 is 0 Å². The van der Waals surface area contributed by atoms with Crippen molar-refractivity contribution >= 4 is 17.9 Å². The lowest BCUT2D eigenvalue weighted by Crippen LogP contribution is -2.54. The highest BCUT2D eigenvalue weighted by Crippen LogP contribution is 2.68. The van der Waals surface area contributed by atoms with Crippen LogP contribution in [0.2, 0.25) is 0 Å². The van der Waals surface area contributed by atoms with E-state index in [2.05, 4.69) is 23.9 Å². The molecule has 0 spiro atoms. The minimum Gasteiger partial charge on any atom is -0.468 e. The molecular formula is C27H43NO6. The molecule has 7 heteroatoms. The Morgan fingerprint density at radius 2 is 1.71 bits per heavy atom. The molecule has 0 aromatic heterocycles. The number of methoxy groups -OCH3 is 1. The Labute approximate surface area is 203 Å². The van der Waals surface area contributed by atoms with E-state index < -0.39 is 12.3 Å². The molecule has 0 aromatic rings. The molecule has 0 aromatic carbocycles. The van der Waals surface area contributed by atoms with Gasteiger partial charge in [-0.1, -0.05) is 13.8 Å². The highest BCUT2D eigenvalue weighted by Gasteiger charge is 2.61. The van der Waals surface area contributed by atoms with Crippen molar-refractivity contribution < 1.29 is 29.0 Å². The summed E-state index contributed by atoms with van der Waals surface area (Å²) in [5.74, 6) is 3.08. The average molecular weight is 478 g/mol. The van der Waals surface area contributed by atoms with Gasteiger partial charge in [0.25, 0.3) is 0 Å². The largest absolute Gasteiger partial charge is 0.506 e. The number of esters is 1. The normalized spacial score (nSPS) is 42.0. The maximum absolute atomic E-state index is 12.4. The molecule has 4 fully saturated rings. The molecule has 0 radical (unpaired) electrons. The smallest absolute Gasteiger partial charge is 0.468 e. The van der Waals surface area contributed by atoms with Crippen molar-refractivity contribution in [1.29, 1.82) is 0 Å². The topological polar surface area (TPSA) is 102 Å². The van der Waals surface area contributed by atoms with E-state index in [9.17, 15) is 19.5 Å². The first-order chi connectivity index (χ1) is 16.1. The van der Waals surface area contributed by atoms with Gasteiger partial charge >= 0.3 is 12.1 Å². The Morgan fingerprint density at radius 1 is 1.00 bits per heavy atom. The Hall–Kier alpha value is -1.63. The van der Waals surface area contributed by atoms with E-state index in [1.165, 1.54) is 32.8 Å². The van der Waals surface area contributed by atoms with Crippen LogP contribution in [0, 0.1) is 46.3 Å². The maximum Gasteiger partial charge on any atom is 0.506 e. The number of nitrogens with one attached hydrogen (secondary N) is 1. The molecule has 0 amide bonds. The molecule has 9 atom stereocenters. The fraction of sp³-hybridized carbons (Fsp3) is 0.889. The van der Waals surface area contributed by atoms with Crippen molar-refractivity contribution in [3.05, 3.63) is 0 Å². The Bertz CT molecular complexity index is 800. The van der Waals surface area contributed by atoms with Crippen molar-refractivity contribution in [2.75, 3.05) is 20.2 Å². The summed E-state index contributed by atoms with van der Waals surface area (Å²) >= 11 is 0. The highest BCUT2D eigenvalue weighted by molar-refractivity contribution is 5.79. The number of rotatable bonds is 7.